The Balaban J connectivity index is 2.26. The number of esters is 1. The summed E-state index contributed by atoms with van der Waals surface area (Å²) in [5.74, 6) is -2.42. The first-order valence-corrected chi connectivity index (χ1v) is 7.34. The van der Waals surface area contributed by atoms with E-state index in [1.54, 1.807) is 5.38 Å². The number of hydrogen-bond acceptors (Lipinski definition) is 5. The number of anilines is 2. The van der Waals surface area contributed by atoms with Crippen molar-refractivity contribution in [2.75, 3.05) is 17.7 Å². The maximum atomic E-state index is 13.8. The Labute approximate surface area is 135 Å². The first-order valence-electron chi connectivity index (χ1n) is 6.46. The number of thiophene rings is 1. The number of carbonyl (C=O) groups is 3. The molecule has 1 aromatic heterocycles. The van der Waals surface area contributed by atoms with Gasteiger partial charge >= 0.3 is 5.97 Å². The number of amides is 2. The average molecular weight is 336 g/mol. The number of hydrogen-bond donors (Lipinski definition) is 2. The monoisotopic (exact) mass is 336 g/mol. The zero-order valence-electron chi connectivity index (χ0n) is 12.3. The van der Waals surface area contributed by atoms with Crippen LogP contribution < -0.4 is 10.6 Å². The Morgan fingerprint density at radius 3 is 2.57 bits per heavy atom. The standard InChI is InChI=1S/C15H13FN2O4S/c1-8(19)17-9-3-4-11(16)10(7-9)14(20)18-12-5-6-23-13(12)15(21)22-2/h3-7H,1-2H3,(H,17,19)(H,18,20). The van der Waals surface area contributed by atoms with E-state index in [0.717, 1.165) is 17.4 Å². The first-order chi connectivity index (χ1) is 10.9. The van der Waals surface area contributed by atoms with Gasteiger partial charge in [0.1, 0.15) is 10.7 Å². The molecule has 0 saturated carbocycles. The molecule has 0 fully saturated rings. The topological polar surface area (TPSA) is 84.5 Å². The summed E-state index contributed by atoms with van der Waals surface area (Å²) in [6, 6.07) is 5.16. The molecule has 1 aromatic carbocycles. The summed E-state index contributed by atoms with van der Waals surface area (Å²) in [6.45, 7) is 1.30. The lowest BCUT2D eigenvalue weighted by Gasteiger charge is -2.08. The quantitative estimate of drug-likeness (QED) is 0.841. The number of methoxy groups -OCH3 is 1. The fourth-order valence-corrected chi connectivity index (χ4v) is 2.59. The van der Waals surface area contributed by atoms with Gasteiger partial charge in [-0.1, -0.05) is 0 Å². The Morgan fingerprint density at radius 1 is 1.17 bits per heavy atom. The molecule has 0 aliphatic rings. The van der Waals surface area contributed by atoms with Gasteiger partial charge in [-0.15, -0.1) is 11.3 Å². The summed E-state index contributed by atoms with van der Waals surface area (Å²) in [4.78, 5) is 35.0. The molecule has 0 unspecified atom stereocenters. The van der Waals surface area contributed by atoms with Crippen molar-refractivity contribution in [3.8, 4) is 0 Å². The predicted molar refractivity (Wildman–Crippen MR) is 84.3 cm³/mol. The highest BCUT2D eigenvalue weighted by Crippen LogP contribution is 2.24. The predicted octanol–water partition coefficient (Wildman–Crippen LogP) is 2.88. The van der Waals surface area contributed by atoms with Crippen LogP contribution in [0.2, 0.25) is 0 Å². The molecule has 0 saturated heterocycles. The number of ether oxygens (including phenoxy) is 1. The van der Waals surface area contributed by atoms with Gasteiger partial charge in [-0.05, 0) is 29.6 Å². The second-order valence-electron chi connectivity index (χ2n) is 4.48. The SMILES string of the molecule is COC(=O)c1sccc1NC(=O)c1cc(NC(C)=O)ccc1F. The van der Waals surface area contributed by atoms with Gasteiger partial charge in [0, 0.05) is 12.6 Å². The highest BCUT2D eigenvalue weighted by molar-refractivity contribution is 7.12. The molecule has 0 bridgehead atoms. The van der Waals surface area contributed by atoms with Crippen molar-refractivity contribution < 1.29 is 23.5 Å². The van der Waals surface area contributed by atoms with Gasteiger partial charge in [0.2, 0.25) is 5.91 Å². The van der Waals surface area contributed by atoms with Crippen LogP contribution in [0.1, 0.15) is 27.0 Å². The summed E-state index contributed by atoms with van der Waals surface area (Å²) in [6.07, 6.45) is 0. The van der Waals surface area contributed by atoms with Crippen LogP contribution in [0.4, 0.5) is 15.8 Å². The van der Waals surface area contributed by atoms with Crippen molar-refractivity contribution in [3.05, 3.63) is 45.9 Å². The Bertz CT molecular complexity index is 773. The van der Waals surface area contributed by atoms with Crippen molar-refractivity contribution in [1.82, 2.24) is 0 Å². The van der Waals surface area contributed by atoms with E-state index in [9.17, 15) is 18.8 Å². The van der Waals surface area contributed by atoms with Gasteiger partial charge in [0.05, 0.1) is 18.4 Å². The van der Waals surface area contributed by atoms with Gasteiger partial charge in [-0.3, -0.25) is 9.59 Å². The molecule has 0 spiro atoms. The van der Waals surface area contributed by atoms with E-state index in [1.807, 2.05) is 0 Å². The molecule has 120 valence electrons. The lowest BCUT2D eigenvalue weighted by atomic mass is 10.1. The third kappa shape index (κ3) is 3.92. The average Bonchev–Trinajstić information content (AvgIpc) is 2.96. The van der Waals surface area contributed by atoms with Gasteiger partial charge in [-0.25, -0.2) is 9.18 Å². The normalized spacial score (nSPS) is 10.0. The molecule has 1 heterocycles. The Morgan fingerprint density at radius 2 is 1.91 bits per heavy atom. The van der Waals surface area contributed by atoms with Crippen molar-refractivity contribution in [2.24, 2.45) is 0 Å². The molecule has 2 N–H and O–H groups in total. The van der Waals surface area contributed by atoms with Crippen LogP contribution in [-0.4, -0.2) is 24.9 Å². The minimum atomic E-state index is -0.744. The van der Waals surface area contributed by atoms with Crippen LogP contribution >= 0.6 is 11.3 Å². The molecule has 2 aromatic rings. The number of halogens is 1. The van der Waals surface area contributed by atoms with E-state index in [1.165, 1.54) is 32.2 Å². The van der Waals surface area contributed by atoms with Crippen LogP contribution in [0.25, 0.3) is 0 Å². The third-order valence-corrected chi connectivity index (χ3v) is 3.71. The molecule has 0 atom stereocenters. The van der Waals surface area contributed by atoms with Gasteiger partial charge < -0.3 is 15.4 Å². The van der Waals surface area contributed by atoms with Crippen LogP contribution in [0.3, 0.4) is 0 Å². The lowest BCUT2D eigenvalue weighted by molar-refractivity contribution is -0.114. The molecule has 2 amide bonds. The fraction of sp³-hybridized carbons (Fsp3) is 0.133. The fourth-order valence-electron chi connectivity index (χ4n) is 1.83. The molecule has 23 heavy (non-hydrogen) atoms. The molecule has 0 aliphatic heterocycles. The molecular formula is C15H13FN2O4S. The van der Waals surface area contributed by atoms with Gasteiger partial charge in [-0.2, -0.15) is 0 Å². The maximum Gasteiger partial charge on any atom is 0.350 e. The summed E-state index contributed by atoms with van der Waals surface area (Å²) < 4.78 is 18.5. The van der Waals surface area contributed by atoms with Gasteiger partial charge in [0.15, 0.2) is 0 Å². The second kappa shape index (κ2) is 7.01. The maximum absolute atomic E-state index is 13.8. The van der Waals surface area contributed by atoms with Crippen LogP contribution in [0, 0.1) is 5.82 Å². The Hall–Kier alpha value is -2.74. The molecular weight excluding hydrogens is 323 g/mol. The second-order valence-corrected chi connectivity index (χ2v) is 5.40. The van der Waals surface area contributed by atoms with E-state index in [2.05, 4.69) is 15.4 Å². The van der Waals surface area contributed by atoms with Crippen LogP contribution in [0.15, 0.2) is 29.6 Å². The smallest absolute Gasteiger partial charge is 0.350 e. The molecule has 0 aliphatic carbocycles. The number of benzene rings is 1. The summed E-state index contributed by atoms with van der Waals surface area (Å²) in [5, 5.41) is 6.53. The summed E-state index contributed by atoms with van der Waals surface area (Å²) in [7, 11) is 1.23. The largest absolute Gasteiger partial charge is 0.465 e. The lowest BCUT2D eigenvalue weighted by Crippen LogP contribution is -2.16. The number of carbonyl (C=O) groups excluding carboxylic acids is 3. The zero-order valence-corrected chi connectivity index (χ0v) is 13.1. The summed E-state index contributed by atoms with van der Waals surface area (Å²) >= 11 is 1.10. The Kier molecular flexibility index (Phi) is 5.07. The number of rotatable bonds is 4. The van der Waals surface area contributed by atoms with E-state index in [4.69, 9.17) is 0 Å². The van der Waals surface area contributed by atoms with Crippen molar-refractivity contribution >= 4 is 40.5 Å². The van der Waals surface area contributed by atoms with Gasteiger partial charge in [0.25, 0.3) is 5.91 Å². The molecule has 0 radical (unpaired) electrons. The van der Waals surface area contributed by atoms with E-state index >= 15 is 0 Å². The van der Waals surface area contributed by atoms with Crippen molar-refractivity contribution in [1.29, 1.82) is 0 Å². The molecule has 8 heteroatoms. The molecule has 6 nitrogen and oxygen atoms in total. The van der Waals surface area contributed by atoms with Crippen LogP contribution in [0.5, 0.6) is 0 Å². The number of nitrogens with one attached hydrogen (secondary N) is 2. The zero-order chi connectivity index (χ0) is 17.0. The van der Waals surface area contributed by atoms with E-state index in [-0.39, 0.29) is 22.0 Å². The minimum absolute atomic E-state index is 0.208. The van der Waals surface area contributed by atoms with E-state index < -0.39 is 17.7 Å². The minimum Gasteiger partial charge on any atom is -0.465 e. The highest BCUT2D eigenvalue weighted by Gasteiger charge is 2.18. The van der Waals surface area contributed by atoms with Crippen LogP contribution in [-0.2, 0) is 9.53 Å². The van der Waals surface area contributed by atoms with Crippen molar-refractivity contribution in [2.45, 2.75) is 6.92 Å². The first kappa shape index (κ1) is 16.6. The molecule has 2 rings (SSSR count). The van der Waals surface area contributed by atoms with Crippen molar-refractivity contribution in [3.63, 3.8) is 0 Å². The highest BCUT2D eigenvalue weighted by atomic mass is 32.1. The third-order valence-electron chi connectivity index (χ3n) is 2.82. The van der Waals surface area contributed by atoms with E-state index in [0.29, 0.717) is 5.69 Å². The summed E-state index contributed by atoms with van der Waals surface area (Å²) in [5.41, 5.74) is 0.275.